The van der Waals surface area contributed by atoms with Gasteiger partial charge < -0.3 is 10.0 Å². The molecule has 1 atom stereocenters. The second-order valence-electron chi connectivity index (χ2n) is 5.15. The van der Waals surface area contributed by atoms with Gasteiger partial charge >= 0.3 is 0 Å². The Labute approximate surface area is 121 Å². The van der Waals surface area contributed by atoms with Crippen LogP contribution in [0.25, 0.3) is 0 Å². The standard InChI is InChI=1S/C16H16N2O3/c1-2-12-14-11(8-13(19)17-15(14)20)16(21)18(12)9-10-6-4-3-5-7-10/h3-8,12H,2,9H2,1H3,(H2,17,19,20). The molecule has 5 heteroatoms. The van der Waals surface area contributed by atoms with Gasteiger partial charge in [-0.05, 0) is 12.0 Å². The molecule has 2 aromatic rings. The van der Waals surface area contributed by atoms with Crippen LogP contribution in [0.3, 0.4) is 0 Å². The number of carbonyl (C=O) groups excluding carboxylic acids is 1. The third-order valence-electron chi connectivity index (χ3n) is 3.85. The van der Waals surface area contributed by atoms with Crippen molar-refractivity contribution >= 4 is 5.91 Å². The molecule has 3 rings (SSSR count). The highest BCUT2D eigenvalue weighted by atomic mass is 16.3. The molecule has 0 radical (unpaired) electrons. The highest BCUT2D eigenvalue weighted by Gasteiger charge is 2.38. The number of fused-ring (bicyclic) bond motifs is 1. The first kappa shape index (κ1) is 13.4. The van der Waals surface area contributed by atoms with Crippen molar-refractivity contribution in [1.29, 1.82) is 0 Å². The Morgan fingerprint density at radius 3 is 2.62 bits per heavy atom. The summed E-state index contributed by atoms with van der Waals surface area (Å²) in [6, 6.07) is 10.7. The lowest BCUT2D eigenvalue weighted by Gasteiger charge is -2.24. The second-order valence-corrected chi connectivity index (χ2v) is 5.15. The van der Waals surface area contributed by atoms with Gasteiger partial charge in [-0.2, -0.15) is 0 Å². The lowest BCUT2D eigenvalue weighted by molar-refractivity contribution is 0.0705. The van der Waals surface area contributed by atoms with E-state index in [9.17, 15) is 14.7 Å². The summed E-state index contributed by atoms with van der Waals surface area (Å²) in [6.07, 6.45) is 0.672. The summed E-state index contributed by atoms with van der Waals surface area (Å²) < 4.78 is 0. The maximum absolute atomic E-state index is 12.5. The minimum atomic E-state index is -0.462. The monoisotopic (exact) mass is 284 g/mol. The molecule has 2 N–H and O–H groups in total. The summed E-state index contributed by atoms with van der Waals surface area (Å²) in [5.74, 6) is -0.407. The Bertz CT molecular complexity index is 737. The van der Waals surface area contributed by atoms with Gasteiger partial charge in [-0.1, -0.05) is 37.3 Å². The number of nitrogens with one attached hydrogen (secondary N) is 1. The zero-order valence-electron chi connectivity index (χ0n) is 11.7. The van der Waals surface area contributed by atoms with Crippen LogP contribution in [0, 0.1) is 0 Å². The first-order valence-electron chi connectivity index (χ1n) is 6.93. The average Bonchev–Trinajstić information content (AvgIpc) is 2.73. The Balaban J connectivity index is 2.03. The van der Waals surface area contributed by atoms with Gasteiger partial charge in [0.2, 0.25) is 0 Å². The van der Waals surface area contributed by atoms with E-state index in [2.05, 4.69) is 4.98 Å². The van der Waals surface area contributed by atoms with Crippen LogP contribution in [0.5, 0.6) is 5.88 Å². The van der Waals surface area contributed by atoms with Crippen molar-refractivity contribution in [2.45, 2.75) is 25.9 Å². The fourth-order valence-corrected chi connectivity index (χ4v) is 2.91. The molecule has 0 saturated heterocycles. The number of rotatable bonds is 3. The van der Waals surface area contributed by atoms with Gasteiger partial charge in [0, 0.05) is 18.2 Å². The predicted octanol–water partition coefficient (Wildman–Crippen LogP) is 2.19. The number of aromatic nitrogens is 1. The number of H-pyrrole nitrogens is 1. The van der Waals surface area contributed by atoms with Crippen LogP contribution < -0.4 is 5.56 Å². The third kappa shape index (κ3) is 2.20. The molecular formula is C16H16N2O3. The molecule has 1 aliphatic rings. The lowest BCUT2D eigenvalue weighted by Crippen LogP contribution is -2.27. The van der Waals surface area contributed by atoms with Crippen LogP contribution in [0.4, 0.5) is 0 Å². The summed E-state index contributed by atoms with van der Waals surface area (Å²) in [7, 11) is 0. The maximum atomic E-state index is 12.5. The summed E-state index contributed by atoms with van der Waals surface area (Å²) in [6.45, 7) is 2.41. The Hall–Kier alpha value is -2.56. The van der Waals surface area contributed by atoms with E-state index in [1.54, 1.807) is 4.90 Å². The molecule has 1 unspecified atom stereocenters. The number of aromatic amines is 1. The van der Waals surface area contributed by atoms with Crippen molar-refractivity contribution in [2.75, 3.05) is 0 Å². The fourth-order valence-electron chi connectivity index (χ4n) is 2.91. The van der Waals surface area contributed by atoms with E-state index in [0.29, 0.717) is 24.1 Å². The number of pyridine rings is 1. The van der Waals surface area contributed by atoms with Gasteiger partial charge in [-0.15, -0.1) is 0 Å². The molecular weight excluding hydrogens is 268 g/mol. The van der Waals surface area contributed by atoms with Crippen LogP contribution in [0.2, 0.25) is 0 Å². The number of aromatic hydroxyl groups is 1. The van der Waals surface area contributed by atoms with E-state index in [1.165, 1.54) is 6.07 Å². The molecule has 1 aromatic heterocycles. The van der Waals surface area contributed by atoms with Gasteiger partial charge in [-0.25, -0.2) is 0 Å². The van der Waals surface area contributed by atoms with Crippen molar-refractivity contribution < 1.29 is 9.90 Å². The van der Waals surface area contributed by atoms with Crippen LogP contribution in [-0.2, 0) is 6.54 Å². The van der Waals surface area contributed by atoms with Gasteiger partial charge in [0.05, 0.1) is 11.6 Å². The highest BCUT2D eigenvalue weighted by molar-refractivity contribution is 5.99. The van der Waals surface area contributed by atoms with Crippen molar-refractivity contribution in [3.8, 4) is 5.88 Å². The smallest absolute Gasteiger partial charge is 0.255 e. The molecule has 1 aliphatic heterocycles. The first-order valence-corrected chi connectivity index (χ1v) is 6.93. The maximum Gasteiger partial charge on any atom is 0.255 e. The molecule has 21 heavy (non-hydrogen) atoms. The minimum absolute atomic E-state index is 0.201. The molecule has 0 bridgehead atoms. The summed E-state index contributed by atoms with van der Waals surface area (Å²) in [4.78, 5) is 28.1. The van der Waals surface area contributed by atoms with Gasteiger partial charge in [0.25, 0.3) is 11.5 Å². The molecule has 108 valence electrons. The van der Waals surface area contributed by atoms with E-state index in [4.69, 9.17) is 0 Å². The van der Waals surface area contributed by atoms with E-state index in [0.717, 1.165) is 5.56 Å². The lowest BCUT2D eigenvalue weighted by atomic mass is 10.0. The molecule has 0 saturated carbocycles. The number of amides is 1. The highest BCUT2D eigenvalue weighted by Crippen LogP contribution is 2.39. The fraction of sp³-hybridized carbons (Fsp3) is 0.250. The number of nitrogens with zero attached hydrogens (tertiary/aromatic N) is 1. The van der Waals surface area contributed by atoms with E-state index in [-0.39, 0.29) is 17.8 Å². The Morgan fingerprint density at radius 1 is 1.24 bits per heavy atom. The summed E-state index contributed by atoms with van der Waals surface area (Å²) >= 11 is 0. The normalized spacial score (nSPS) is 17.1. The molecule has 0 aliphatic carbocycles. The minimum Gasteiger partial charge on any atom is -0.494 e. The van der Waals surface area contributed by atoms with E-state index >= 15 is 0 Å². The van der Waals surface area contributed by atoms with Gasteiger partial charge in [0.15, 0.2) is 5.88 Å². The van der Waals surface area contributed by atoms with Crippen LogP contribution in [0.1, 0.15) is 40.9 Å². The van der Waals surface area contributed by atoms with Gasteiger partial charge in [-0.3, -0.25) is 14.6 Å². The zero-order chi connectivity index (χ0) is 15.0. The summed E-state index contributed by atoms with van der Waals surface area (Å²) in [5.41, 5.74) is 1.39. The first-order chi connectivity index (χ1) is 10.1. The van der Waals surface area contributed by atoms with Crippen LogP contribution in [-0.4, -0.2) is 20.9 Å². The largest absolute Gasteiger partial charge is 0.494 e. The van der Waals surface area contributed by atoms with Crippen molar-refractivity contribution in [1.82, 2.24) is 9.88 Å². The van der Waals surface area contributed by atoms with Crippen LogP contribution >= 0.6 is 0 Å². The van der Waals surface area contributed by atoms with Gasteiger partial charge in [0.1, 0.15) is 0 Å². The SMILES string of the molecule is CCC1c2c(cc(=O)[nH]c2O)C(=O)N1Cc1ccccc1. The number of carbonyl (C=O) groups is 1. The molecule has 0 spiro atoms. The molecule has 0 fully saturated rings. The average molecular weight is 284 g/mol. The summed E-state index contributed by atoms with van der Waals surface area (Å²) in [5, 5.41) is 9.98. The number of hydrogen-bond donors (Lipinski definition) is 2. The van der Waals surface area contributed by atoms with Crippen molar-refractivity contribution in [2.24, 2.45) is 0 Å². The Kier molecular flexibility index (Phi) is 3.25. The molecule has 5 nitrogen and oxygen atoms in total. The van der Waals surface area contributed by atoms with Crippen molar-refractivity contribution in [3.05, 3.63) is 63.4 Å². The van der Waals surface area contributed by atoms with Crippen molar-refractivity contribution in [3.63, 3.8) is 0 Å². The van der Waals surface area contributed by atoms with Crippen LogP contribution in [0.15, 0.2) is 41.2 Å². The number of hydrogen-bond acceptors (Lipinski definition) is 3. The molecule has 2 heterocycles. The zero-order valence-corrected chi connectivity index (χ0v) is 11.7. The molecule has 1 aromatic carbocycles. The third-order valence-corrected chi connectivity index (χ3v) is 3.85. The molecule has 1 amide bonds. The quantitative estimate of drug-likeness (QED) is 0.907. The predicted molar refractivity (Wildman–Crippen MR) is 78.1 cm³/mol. The number of benzene rings is 1. The van der Waals surface area contributed by atoms with E-state index in [1.807, 2.05) is 37.3 Å². The van der Waals surface area contributed by atoms with E-state index < -0.39 is 5.56 Å². The Morgan fingerprint density at radius 2 is 1.95 bits per heavy atom. The topological polar surface area (TPSA) is 73.4 Å². The second kappa shape index (κ2) is 5.09.